The molecule has 1 saturated heterocycles. The zero-order valence-corrected chi connectivity index (χ0v) is 12.2. The highest BCUT2D eigenvalue weighted by atomic mass is 16.5. The summed E-state index contributed by atoms with van der Waals surface area (Å²) in [6, 6.07) is 5.46. The lowest BCUT2D eigenvalue weighted by Gasteiger charge is -2.24. The third kappa shape index (κ3) is 2.71. The van der Waals surface area contributed by atoms with Gasteiger partial charge in [0.15, 0.2) is 0 Å². The van der Waals surface area contributed by atoms with Crippen molar-refractivity contribution in [2.75, 3.05) is 13.7 Å². The summed E-state index contributed by atoms with van der Waals surface area (Å²) in [4.78, 5) is 25.0. The van der Waals surface area contributed by atoms with Gasteiger partial charge in [0.1, 0.15) is 0 Å². The number of fused-ring (bicyclic) bond motifs is 1. The average molecular weight is 288 g/mol. The van der Waals surface area contributed by atoms with Crippen molar-refractivity contribution in [3.8, 4) is 0 Å². The van der Waals surface area contributed by atoms with Crippen LogP contribution < -0.4 is 5.73 Å². The second kappa shape index (κ2) is 5.58. The number of carbonyl (C=O) groups excluding carboxylic acids is 2. The van der Waals surface area contributed by atoms with Crippen molar-refractivity contribution in [1.29, 1.82) is 0 Å². The summed E-state index contributed by atoms with van der Waals surface area (Å²) in [5.74, 6) is -0.406. The molecule has 2 N–H and O–H groups in total. The number of rotatable bonds is 3. The van der Waals surface area contributed by atoms with Crippen LogP contribution in [0.4, 0.5) is 0 Å². The fourth-order valence-corrected chi connectivity index (χ4v) is 3.00. The summed E-state index contributed by atoms with van der Waals surface area (Å²) in [6.07, 6.45) is 3.40. The fourth-order valence-electron chi connectivity index (χ4n) is 3.00. The molecule has 2 aliphatic rings. The van der Waals surface area contributed by atoms with Gasteiger partial charge in [-0.1, -0.05) is 12.1 Å². The molecule has 5 nitrogen and oxygen atoms in total. The summed E-state index contributed by atoms with van der Waals surface area (Å²) in [5.41, 5.74) is 8.56. The summed E-state index contributed by atoms with van der Waals surface area (Å²) in [7, 11) is 1.52. The molecule has 0 radical (unpaired) electrons. The van der Waals surface area contributed by atoms with Crippen LogP contribution in [0.5, 0.6) is 0 Å². The topological polar surface area (TPSA) is 72.6 Å². The van der Waals surface area contributed by atoms with Gasteiger partial charge in [0.05, 0.1) is 12.5 Å². The lowest BCUT2D eigenvalue weighted by atomic mass is 9.92. The smallest absolute Gasteiger partial charge is 0.260 e. The first kappa shape index (κ1) is 14.2. The zero-order valence-electron chi connectivity index (χ0n) is 12.2. The van der Waals surface area contributed by atoms with Crippen molar-refractivity contribution in [2.24, 2.45) is 5.73 Å². The standard InChI is InChI=1S/C16H20N2O3/c1-18-15(19)8-10-4-5-11(7-13(10)16(18)20)14(17)9-12-3-2-6-21-12/h4-5,7,12,14H,2-3,6,8-9,17H2,1H3. The zero-order chi connectivity index (χ0) is 15.0. The quantitative estimate of drug-likeness (QED) is 0.854. The van der Waals surface area contributed by atoms with Crippen LogP contribution in [0.15, 0.2) is 18.2 Å². The third-order valence-electron chi connectivity index (χ3n) is 4.35. The molecule has 2 heterocycles. The summed E-state index contributed by atoms with van der Waals surface area (Å²) in [6.45, 7) is 0.812. The molecule has 0 aliphatic carbocycles. The normalized spacial score (nSPS) is 23.3. The van der Waals surface area contributed by atoms with E-state index in [4.69, 9.17) is 10.5 Å². The molecule has 1 fully saturated rings. The Morgan fingerprint density at radius 2 is 2.24 bits per heavy atom. The van der Waals surface area contributed by atoms with Crippen LogP contribution in [0.3, 0.4) is 0 Å². The van der Waals surface area contributed by atoms with Crippen molar-refractivity contribution in [3.63, 3.8) is 0 Å². The van der Waals surface area contributed by atoms with E-state index in [2.05, 4.69) is 0 Å². The SMILES string of the molecule is CN1C(=O)Cc2ccc(C(N)CC3CCCO3)cc2C1=O. The predicted molar refractivity (Wildman–Crippen MR) is 77.8 cm³/mol. The number of hydrogen-bond donors (Lipinski definition) is 1. The summed E-state index contributed by atoms with van der Waals surface area (Å²) in [5, 5.41) is 0. The molecule has 0 bridgehead atoms. The Balaban J connectivity index is 1.82. The van der Waals surface area contributed by atoms with Crippen LogP contribution >= 0.6 is 0 Å². The lowest BCUT2D eigenvalue weighted by Crippen LogP contribution is -2.39. The minimum Gasteiger partial charge on any atom is -0.378 e. The van der Waals surface area contributed by atoms with Gasteiger partial charge in [-0.2, -0.15) is 0 Å². The van der Waals surface area contributed by atoms with Crippen LogP contribution in [0.25, 0.3) is 0 Å². The fraction of sp³-hybridized carbons (Fsp3) is 0.500. The number of nitrogens with two attached hydrogens (primary N) is 1. The Kier molecular flexibility index (Phi) is 3.78. The van der Waals surface area contributed by atoms with Crippen LogP contribution in [0.2, 0.25) is 0 Å². The van der Waals surface area contributed by atoms with E-state index in [0.717, 1.165) is 37.0 Å². The van der Waals surface area contributed by atoms with Gasteiger partial charge in [-0.3, -0.25) is 14.5 Å². The number of hydrogen-bond acceptors (Lipinski definition) is 4. The number of amides is 2. The van der Waals surface area contributed by atoms with Crippen molar-refractivity contribution in [3.05, 3.63) is 34.9 Å². The third-order valence-corrected chi connectivity index (χ3v) is 4.35. The first-order valence-corrected chi connectivity index (χ1v) is 7.37. The van der Waals surface area contributed by atoms with Gasteiger partial charge >= 0.3 is 0 Å². The molecule has 0 aromatic heterocycles. The van der Waals surface area contributed by atoms with E-state index in [0.29, 0.717) is 5.56 Å². The van der Waals surface area contributed by atoms with E-state index in [9.17, 15) is 9.59 Å². The van der Waals surface area contributed by atoms with E-state index in [1.165, 1.54) is 11.9 Å². The Labute approximate surface area is 124 Å². The van der Waals surface area contributed by atoms with Crippen molar-refractivity contribution in [2.45, 2.75) is 37.8 Å². The second-order valence-electron chi connectivity index (χ2n) is 5.83. The molecular formula is C16H20N2O3. The minimum absolute atomic E-state index is 0.144. The molecule has 2 aliphatic heterocycles. The molecule has 0 spiro atoms. The van der Waals surface area contributed by atoms with Gasteiger partial charge in [-0.05, 0) is 36.5 Å². The lowest BCUT2D eigenvalue weighted by molar-refractivity contribution is -0.127. The first-order valence-electron chi connectivity index (χ1n) is 7.37. The molecule has 1 aromatic rings. The predicted octanol–water partition coefficient (Wildman–Crippen LogP) is 1.41. The van der Waals surface area contributed by atoms with Crippen LogP contribution in [-0.4, -0.2) is 36.5 Å². The van der Waals surface area contributed by atoms with Crippen molar-refractivity contribution >= 4 is 11.8 Å². The summed E-state index contributed by atoms with van der Waals surface area (Å²) < 4.78 is 5.61. The maximum atomic E-state index is 12.2. The molecule has 112 valence electrons. The van der Waals surface area contributed by atoms with Gasteiger partial charge in [-0.25, -0.2) is 0 Å². The Morgan fingerprint density at radius 3 is 2.95 bits per heavy atom. The highest BCUT2D eigenvalue weighted by molar-refractivity contribution is 6.09. The van der Waals surface area contributed by atoms with Crippen LogP contribution in [-0.2, 0) is 16.0 Å². The number of likely N-dealkylation sites (N-methyl/N-ethyl adjacent to an activating group) is 1. The average Bonchev–Trinajstić information content (AvgIpc) is 2.97. The molecule has 0 saturated carbocycles. The van der Waals surface area contributed by atoms with Gasteiger partial charge in [-0.15, -0.1) is 0 Å². The van der Waals surface area contributed by atoms with E-state index in [1.54, 1.807) is 0 Å². The number of nitrogens with zero attached hydrogens (tertiary/aromatic N) is 1. The second-order valence-corrected chi connectivity index (χ2v) is 5.83. The first-order chi connectivity index (χ1) is 10.1. The molecule has 2 amide bonds. The van der Waals surface area contributed by atoms with Gasteiger partial charge in [0.25, 0.3) is 5.91 Å². The number of ether oxygens (including phenoxy) is 1. The Morgan fingerprint density at radius 1 is 1.43 bits per heavy atom. The largest absolute Gasteiger partial charge is 0.378 e. The molecule has 21 heavy (non-hydrogen) atoms. The Hall–Kier alpha value is -1.72. The van der Waals surface area contributed by atoms with Gasteiger partial charge in [0.2, 0.25) is 5.91 Å². The summed E-state index contributed by atoms with van der Waals surface area (Å²) >= 11 is 0. The maximum absolute atomic E-state index is 12.2. The van der Waals surface area contributed by atoms with E-state index >= 15 is 0 Å². The number of benzene rings is 1. The minimum atomic E-state index is -0.243. The van der Waals surface area contributed by atoms with Crippen LogP contribution in [0.1, 0.15) is 46.8 Å². The van der Waals surface area contributed by atoms with Crippen LogP contribution in [0, 0.1) is 0 Å². The molecule has 3 rings (SSSR count). The van der Waals surface area contributed by atoms with Gasteiger partial charge < -0.3 is 10.5 Å². The highest BCUT2D eigenvalue weighted by Gasteiger charge is 2.29. The van der Waals surface area contributed by atoms with E-state index in [1.807, 2.05) is 18.2 Å². The maximum Gasteiger partial charge on any atom is 0.260 e. The monoisotopic (exact) mass is 288 g/mol. The van der Waals surface area contributed by atoms with E-state index in [-0.39, 0.29) is 30.4 Å². The molecule has 2 unspecified atom stereocenters. The molecular weight excluding hydrogens is 268 g/mol. The van der Waals surface area contributed by atoms with Crippen molar-refractivity contribution in [1.82, 2.24) is 4.90 Å². The molecule has 1 aromatic carbocycles. The van der Waals surface area contributed by atoms with E-state index < -0.39 is 0 Å². The Bertz CT molecular complexity index is 579. The van der Waals surface area contributed by atoms with Crippen molar-refractivity contribution < 1.29 is 14.3 Å². The molecule has 5 heteroatoms. The number of carbonyl (C=O) groups is 2. The van der Waals surface area contributed by atoms with Gasteiger partial charge in [0, 0.05) is 25.3 Å². The number of imide groups is 1. The molecule has 2 atom stereocenters. The highest BCUT2D eigenvalue weighted by Crippen LogP contribution is 2.27.